The van der Waals surface area contributed by atoms with Crippen LogP contribution in [0.5, 0.6) is 0 Å². The number of hydrogen-bond acceptors (Lipinski definition) is 6. The molecule has 1 aromatic carbocycles. The van der Waals surface area contributed by atoms with Crippen LogP contribution in [0.4, 0.5) is 0 Å². The molecular formula is C20H28N2O6. The van der Waals surface area contributed by atoms with Crippen molar-refractivity contribution in [2.75, 3.05) is 19.8 Å². The first-order valence-electron chi connectivity index (χ1n) is 9.35. The fourth-order valence-corrected chi connectivity index (χ4v) is 2.91. The molecule has 0 aliphatic carbocycles. The van der Waals surface area contributed by atoms with E-state index in [1.807, 2.05) is 19.9 Å². The minimum Gasteiger partial charge on any atom is -0.394 e. The lowest BCUT2D eigenvalue weighted by Crippen LogP contribution is -2.55. The number of rotatable bonds is 11. The highest BCUT2D eigenvalue weighted by atomic mass is 16.6. The zero-order valence-corrected chi connectivity index (χ0v) is 16.2. The zero-order chi connectivity index (χ0) is 20.7. The van der Waals surface area contributed by atoms with Gasteiger partial charge < -0.3 is 25.6 Å². The first-order valence-corrected chi connectivity index (χ1v) is 9.35. The molecule has 28 heavy (non-hydrogen) atoms. The molecule has 154 valence electrons. The van der Waals surface area contributed by atoms with Crippen LogP contribution in [-0.2, 0) is 25.5 Å². The second-order valence-corrected chi connectivity index (χ2v) is 7.46. The number of carbonyl (C=O) groups is 3. The molecule has 8 nitrogen and oxygen atoms in total. The van der Waals surface area contributed by atoms with Crippen molar-refractivity contribution >= 4 is 17.6 Å². The Balaban J connectivity index is 1.99. The minimum absolute atomic E-state index is 0.0699. The van der Waals surface area contributed by atoms with E-state index in [2.05, 4.69) is 10.6 Å². The van der Waals surface area contributed by atoms with Gasteiger partial charge in [-0.3, -0.25) is 14.4 Å². The minimum atomic E-state index is -1.25. The molecule has 1 fully saturated rings. The van der Waals surface area contributed by atoms with Crippen molar-refractivity contribution in [3.63, 3.8) is 0 Å². The van der Waals surface area contributed by atoms with Crippen LogP contribution in [0.2, 0.25) is 0 Å². The molecule has 0 bridgehead atoms. The quantitative estimate of drug-likeness (QED) is 0.378. The van der Waals surface area contributed by atoms with Crippen molar-refractivity contribution in [2.45, 2.75) is 44.4 Å². The van der Waals surface area contributed by atoms with Crippen LogP contribution in [-0.4, -0.2) is 65.3 Å². The van der Waals surface area contributed by atoms with Gasteiger partial charge in [0.2, 0.25) is 11.8 Å². The smallest absolute Gasteiger partial charge is 0.245 e. The van der Waals surface area contributed by atoms with E-state index in [-0.39, 0.29) is 18.9 Å². The fraction of sp³-hybridized carbons (Fsp3) is 0.550. The van der Waals surface area contributed by atoms with Gasteiger partial charge in [-0.25, -0.2) is 0 Å². The van der Waals surface area contributed by atoms with Gasteiger partial charge in [-0.1, -0.05) is 44.2 Å². The third kappa shape index (κ3) is 5.85. The summed E-state index contributed by atoms with van der Waals surface area (Å²) in [6.07, 6.45) is 0.423. The molecule has 4 N–H and O–H groups in total. The van der Waals surface area contributed by atoms with Gasteiger partial charge >= 0.3 is 0 Å². The molecule has 0 spiro atoms. The number of carbonyl (C=O) groups excluding carboxylic acids is 3. The van der Waals surface area contributed by atoms with E-state index in [0.29, 0.717) is 6.42 Å². The molecular weight excluding hydrogens is 364 g/mol. The number of nitrogens with one attached hydrogen (secondary N) is 2. The Morgan fingerprint density at radius 2 is 1.75 bits per heavy atom. The number of epoxide rings is 1. The first kappa shape index (κ1) is 22.0. The molecule has 0 saturated carbocycles. The highest BCUT2D eigenvalue weighted by Crippen LogP contribution is 2.30. The predicted octanol–water partition coefficient (Wildman–Crippen LogP) is -0.432. The molecule has 0 radical (unpaired) electrons. The number of hydrogen-bond donors (Lipinski definition) is 4. The van der Waals surface area contributed by atoms with Crippen molar-refractivity contribution in [1.29, 1.82) is 0 Å². The highest BCUT2D eigenvalue weighted by molar-refractivity contribution is 5.98. The monoisotopic (exact) mass is 392 g/mol. The zero-order valence-electron chi connectivity index (χ0n) is 16.2. The highest BCUT2D eigenvalue weighted by Gasteiger charge is 2.54. The summed E-state index contributed by atoms with van der Waals surface area (Å²) in [4.78, 5) is 37.4. The molecule has 3 atom stereocenters. The van der Waals surface area contributed by atoms with Gasteiger partial charge in [0.15, 0.2) is 11.4 Å². The van der Waals surface area contributed by atoms with E-state index in [9.17, 15) is 24.6 Å². The molecule has 2 amide bonds. The molecule has 1 aliphatic rings. The van der Waals surface area contributed by atoms with Gasteiger partial charge in [-0.15, -0.1) is 0 Å². The number of amides is 2. The summed E-state index contributed by atoms with van der Waals surface area (Å²) in [5.41, 5.74) is -0.473. The molecule has 2 rings (SSSR count). The SMILES string of the molecule is CC(C)C[C@H](NC(=O)[C@H](CO)NC(=O)Cc1ccccc1)C(=O)[C@]1(CO)CO1. The second-order valence-electron chi connectivity index (χ2n) is 7.46. The largest absolute Gasteiger partial charge is 0.394 e. The van der Waals surface area contributed by atoms with Crippen LogP contribution in [0.15, 0.2) is 30.3 Å². The molecule has 1 aliphatic heterocycles. The van der Waals surface area contributed by atoms with Gasteiger partial charge in [0, 0.05) is 0 Å². The molecule has 0 unspecified atom stereocenters. The Morgan fingerprint density at radius 3 is 2.25 bits per heavy atom. The normalized spacial score (nSPS) is 20.3. The maximum Gasteiger partial charge on any atom is 0.245 e. The van der Waals surface area contributed by atoms with Crippen LogP contribution in [0, 0.1) is 5.92 Å². The summed E-state index contributed by atoms with van der Waals surface area (Å²) in [5, 5.41) is 24.0. The van der Waals surface area contributed by atoms with Crippen molar-refractivity contribution in [3.05, 3.63) is 35.9 Å². The summed E-state index contributed by atoms with van der Waals surface area (Å²) < 4.78 is 5.10. The average Bonchev–Trinajstić information content (AvgIpc) is 3.46. The summed E-state index contributed by atoms with van der Waals surface area (Å²) >= 11 is 0. The Labute approximate surface area is 164 Å². The van der Waals surface area contributed by atoms with Crippen molar-refractivity contribution in [3.8, 4) is 0 Å². The lowest BCUT2D eigenvalue weighted by molar-refractivity contribution is -0.134. The standard InChI is InChI=1S/C20H28N2O6/c1-13(2)8-15(18(26)20(11-24)12-28-20)22-19(27)16(10-23)21-17(25)9-14-6-4-3-5-7-14/h3-7,13,15-16,23-24H,8-12H2,1-2H3,(H,21,25)(H,22,27)/t15-,16-,20-/m0/s1. The summed E-state index contributed by atoms with van der Waals surface area (Å²) in [6, 6.07) is 6.96. The third-order valence-corrected chi connectivity index (χ3v) is 4.58. The Hall–Kier alpha value is -2.29. The molecule has 1 heterocycles. The van der Waals surface area contributed by atoms with E-state index < -0.39 is 48.5 Å². The number of benzene rings is 1. The van der Waals surface area contributed by atoms with Crippen LogP contribution in [0.1, 0.15) is 25.8 Å². The van der Waals surface area contributed by atoms with Crippen LogP contribution >= 0.6 is 0 Å². The topological polar surface area (TPSA) is 128 Å². The van der Waals surface area contributed by atoms with Crippen LogP contribution < -0.4 is 10.6 Å². The fourth-order valence-electron chi connectivity index (χ4n) is 2.91. The molecule has 0 aromatic heterocycles. The van der Waals surface area contributed by atoms with E-state index in [4.69, 9.17) is 4.74 Å². The maximum atomic E-state index is 12.7. The molecule has 8 heteroatoms. The van der Waals surface area contributed by atoms with E-state index in [1.54, 1.807) is 24.3 Å². The van der Waals surface area contributed by atoms with Crippen molar-refractivity contribution in [2.24, 2.45) is 5.92 Å². The lowest BCUT2D eigenvalue weighted by Gasteiger charge is -2.24. The number of ketones is 1. The third-order valence-electron chi connectivity index (χ3n) is 4.58. The van der Waals surface area contributed by atoms with Crippen molar-refractivity contribution in [1.82, 2.24) is 10.6 Å². The number of aliphatic hydroxyl groups excluding tert-OH is 2. The van der Waals surface area contributed by atoms with Crippen molar-refractivity contribution < 1.29 is 29.3 Å². The molecule has 1 saturated heterocycles. The number of ether oxygens (including phenoxy) is 1. The lowest BCUT2D eigenvalue weighted by atomic mass is 9.92. The summed E-state index contributed by atoms with van der Waals surface area (Å²) in [7, 11) is 0. The van der Waals surface area contributed by atoms with Gasteiger partial charge in [0.25, 0.3) is 0 Å². The summed E-state index contributed by atoms with van der Waals surface area (Å²) in [6.45, 7) is 2.86. The Kier molecular flexibility index (Phi) is 7.68. The first-order chi connectivity index (χ1) is 13.3. The number of aliphatic hydroxyl groups is 2. The average molecular weight is 392 g/mol. The van der Waals surface area contributed by atoms with Crippen LogP contribution in [0.25, 0.3) is 0 Å². The van der Waals surface area contributed by atoms with Gasteiger partial charge in [0.05, 0.1) is 32.3 Å². The summed E-state index contributed by atoms with van der Waals surface area (Å²) in [5.74, 6) is -1.37. The van der Waals surface area contributed by atoms with E-state index in [0.717, 1.165) is 5.56 Å². The maximum absolute atomic E-state index is 12.7. The Morgan fingerprint density at radius 1 is 1.11 bits per heavy atom. The Bertz CT molecular complexity index is 687. The number of Topliss-reactive ketones (excluding diaryl/α,β-unsaturated/α-hetero) is 1. The predicted molar refractivity (Wildman–Crippen MR) is 101 cm³/mol. The molecule has 1 aromatic rings. The van der Waals surface area contributed by atoms with Crippen LogP contribution in [0.3, 0.4) is 0 Å². The van der Waals surface area contributed by atoms with Gasteiger partial charge in [-0.05, 0) is 17.9 Å². The van der Waals surface area contributed by atoms with Gasteiger partial charge in [0.1, 0.15) is 6.04 Å². The second kappa shape index (κ2) is 9.77. The van der Waals surface area contributed by atoms with E-state index >= 15 is 0 Å². The van der Waals surface area contributed by atoms with E-state index in [1.165, 1.54) is 0 Å². The van der Waals surface area contributed by atoms with Gasteiger partial charge in [-0.2, -0.15) is 0 Å².